The van der Waals surface area contributed by atoms with E-state index in [1.807, 2.05) is 12.1 Å². The molecule has 2 amide bonds. The van der Waals surface area contributed by atoms with E-state index in [1.165, 1.54) is 19.3 Å². The van der Waals surface area contributed by atoms with Gasteiger partial charge < -0.3 is 25.0 Å². The fourth-order valence-corrected chi connectivity index (χ4v) is 4.78. The summed E-state index contributed by atoms with van der Waals surface area (Å²) in [6.07, 6.45) is 7.07. The van der Waals surface area contributed by atoms with Gasteiger partial charge in [0, 0.05) is 48.4 Å². The van der Waals surface area contributed by atoms with Crippen molar-refractivity contribution in [3.8, 4) is 22.6 Å². The van der Waals surface area contributed by atoms with Gasteiger partial charge in [0.25, 0.3) is 11.8 Å². The van der Waals surface area contributed by atoms with Crippen LogP contribution in [0, 0.1) is 0 Å². The number of piperidine rings is 1. The molecule has 0 bridgehead atoms. The summed E-state index contributed by atoms with van der Waals surface area (Å²) in [5.74, 6) is 0.560. The lowest BCUT2D eigenvalue weighted by atomic mass is 9.99. The smallest absolute Gasteiger partial charge is 0.276 e. The number of nitrogens with zero attached hydrogens (tertiary/aromatic N) is 4. The van der Waals surface area contributed by atoms with Crippen molar-refractivity contribution in [2.75, 3.05) is 45.7 Å². The van der Waals surface area contributed by atoms with Gasteiger partial charge in [0.15, 0.2) is 22.8 Å². The molecule has 10 nitrogen and oxygen atoms in total. The molecular weight excluding hydrogens is 496 g/mol. The fraction of sp³-hybridized carbons (Fsp3) is 0.310. The lowest BCUT2D eigenvalue weighted by molar-refractivity contribution is 0.0946. The zero-order valence-corrected chi connectivity index (χ0v) is 22.1. The number of amides is 2. The zero-order valence-electron chi connectivity index (χ0n) is 22.1. The Bertz CT molecular complexity index is 1440. The Morgan fingerprint density at radius 1 is 0.949 bits per heavy atom. The Kier molecular flexibility index (Phi) is 8.02. The summed E-state index contributed by atoms with van der Waals surface area (Å²) in [6, 6.07) is 14.1. The van der Waals surface area contributed by atoms with Crippen molar-refractivity contribution in [2.45, 2.75) is 19.3 Å². The van der Waals surface area contributed by atoms with Crippen LogP contribution in [-0.4, -0.2) is 71.7 Å². The summed E-state index contributed by atoms with van der Waals surface area (Å²) in [7, 11) is 3.13. The first-order valence-corrected chi connectivity index (χ1v) is 13.0. The number of hydrogen-bond donors (Lipinski definition) is 2. The van der Waals surface area contributed by atoms with Crippen molar-refractivity contribution < 1.29 is 19.1 Å². The quantitative estimate of drug-likeness (QED) is 0.339. The number of hydrogen-bond acceptors (Lipinski definition) is 7. The summed E-state index contributed by atoms with van der Waals surface area (Å²) in [5, 5.41) is 10.3. The number of ether oxygens (including phenoxy) is 2. The molecule has 4 aromatic rings. The van der Waals surface area contributed by atoms with Gasteiger partial charge in [-0.25, -0.2) is 9.50 Å². The van der Waals surface area contributed by atoms with Crippen molar-refractivity contribution in [2.24, 2.45) is 0 Å². The van der Waals surface area contributed by atoms with Gasteiger partial charge in [-0.2, -0.15) is 5.10 Å². The van der Waals surface area contributed by atoms with Crippen LogP contribution in [0.15, 0.2) is 60.9 Å². The number of rotatable bonds is 9. The van der Waals surface area contributed by atoms with E-state index in [4.69, 9.17) is 9.47 Å². The largest absolute Gasteiger partial charge is 0.493 e. The van der Waals surface area contributed by atoms with E-state index in [1.54, 1.807) is 67.5 Å². The Balaban J connectivity index is 1.41. The predicted molar refractivity (Wildman–Crippen MR) is 149 cm³/mol. The van der Waals surface area contributed by atoms with E-state index in [0.29, 0.717) is 40.5 Å². The molecule has 1 aliphatic heterocycles. The molecule has 0 atom stereocenters. The predicted octanol–water partition coefficient (Wildman–Crippen LogP) is 3.88. The molecule has 1 aliphatic rings. The highest BCUT2D eigenvalue weighted by Gasteiger charge is 2.18. The minimum absolute atomic E-state index is 0.168. The first-order valence-electron chi connectivity index (χ1n) is 13.0. The van der Waals surface area contributed by atoms with Gasteiger partial charge in [-0.3, -0.25) is 9.59 Å². The van der Waals surface area contributed by atoms with Crippen LogP contribution in [0.25, 0.3) is 16.8 Å². The molecule has 39 heavy (non-hydrogen) atoms. The van der Waals surface area contributed by atoms with E-state index >= 15 is 0 Å². The summed E-state index contributed by atoms with van der Waals surface area (Å²) < 4.78 is 12.4. The first-order chi connectivity index (χ1) is 19.1. The van der Waals surface area contributed by atoms with Crippen molar-refractivity contribution in [1.82, 2.24) is 24.8 Å². The minimum atomic E-state index is -0.388. The van der Waals surface area contributed by atoms with Crippen LogP contribution in [0.4, 0.5) is 5.69 Å². The molecule has 5 rings (SSSR count). The molecule has 1 fully saturated rings. The number of nitrogens with one attached hydrogen (secondary N) is 2. The zero-order chi connectivity index (χ0) is 27.2. The van der Waals surface area contributed by atoms with Gasteiger partial charge in [0.1, 0.15) is 0 Å². The lowest BCUT2D eigenvalue weighted by Gasteiger charge is -2.26. The molecular formula is C29H32N6O4. The SMILES string of the molecule is COc1ccc(-c2cc(C(=O)NCCN3CCCCC3)ccc2NC(=O)c2cc3ncccn3n2)cc1OC. The van der Waals surface area contributed by atoms with E-state index in [-0.39, 0.29) is 17.5 Å². The minimum Gasteiger partial charge on any atom is -0.493 e. The number of methoxy groups -OCH3 is 2. The second-order valence-electron chi connectivity index (χ2n) is 9.39. The number of carbonyl (C=O) groups excluding carboxylic acids is 2. The molecule has 0 saturated carbocycles. The first kappa shape index (κ1) is 26.2. The summed E-state index contributed by atoms with van der Waals surface area (Å²) in [4.78, 5) is 32.8. The highest BCUT2D eigenvalue weighted by Crippen LogP contribution is 2.36. The Morgan fingerprint density at radius 2 is 1.77 bits per heavy atom. The summed E-state index contributed by atoms with van der Waals surface area (Å²) in [6.45, 7) is 3.56. The Labute approximate surface area is 226 Å². The maximum Gasteiger partial charge on any atom is 0.276 e. The third-order valence-corrected chi connectivity index (χ3v) is 6.86. The number of carbonyl (C=O) groups is 2. The number of anilines is 1. The maximum atomic E-state index is 13.2. The molecule has 2 aromatic heterocycles. The van der Waals surface area contributed by atoms with Crippen molar-refractivity contribution in [3.63, 3.8) is 0 Å². The summed E-state index contributed by atoms with van der Waals surface area (Å²) >= 11 is 0. The van der Waals surface area contributed by atoms with Gasteiger partial charge in [0.2, 0.25) is 0 Å². The van der Waals surface area contributed by atoms with E-state index in [0.717, 1.165) is 25.2 Å². The Morgan fingerprint density at radius 3 is 2.54 bits per heavy atom. The molecule has 0 unspecified atom stereocenters. The number of aromatic nitrogens is 3. The number of likely N-dealkylation sites (tertiary alicyclic amines) is 1. The molecule has 2 aromatic carbocycles. The highest BCUT2D eigenvalue weighted by molar-refractivity contribution is 6.06. The molecule has 0 spiro atoms. The van der Waals surface area contributed by atoms with Gasteiger partial charge in [0.05, 0.1) is 14.2 Å². The normalized spacial score (nSPS) is 13.7. The molecule has 202 valence electrons. The third-order valence-electron chi connectivity index (χ3n) is 6.86. The van der Waals surface area contributed by atoms with Crippen LogP contribution in [0.5, 0.6) is 11.5 Å². The maximum absolute atomic E-state index is 13.2. The van der Waals surface area contributed by atoms with Crippen LogP contribution in [-0.2, 0) is 0 Å². The molecule has 0 aliphatic carbocycles. The molecule has 2 N–H and O–H groups in total. The average molecular weight is 529 g/mol. The van der Waals surface area contributed by atoms with E-state index < -0.39 is 0 Å². The van der Waals surface area contributed by atoms with Gasteiger partial charge >= 0.3 is 0 Å². The second kappa shape index (κ2) is 12.0. The van der Waals surface area contributed by atoms with Crippen molar-refractivity contribution in [3.05, 3.63) is 72.2 Å². The number of benzene rings is 2. The monoisotopic (exact) mass is 528 g/mol. The average Bonchev–Trinajstić information content (AvgIpc) is 3.42. The van der Waals surface area contributed by atoms with Crippen LogP contribution in [0.1, 0.15) is 40.1 Å². The van der Waals surface area contributed by atoms with Crippen LogP contribution < -0.4 is 20.1 Å². The van der Waals surface area contributed by atoms with E-state index in [2.05, 4.69) is 25.6 Å². The Hall–Kier alpha value is -4.44. The van der Waals surface area contributed by atoms with Gasteiger partial charge in [-0.05, 0) is 67.9 Å². The second-order valence-corrected chi connectivity index (χ2v) is 9.39. The molecule has 0 radical (unpaired) electrons. The van der Waals surface area contributed by atoms with Crippen LogP contribution in [0.3, 0.4) is 0 Å². The molecule has 10 heteroatoms. The standard InChI is InChI=1S/C29H32N6O4/c1-38-25-10-8-20(18-26(25)39-2)22-17-21(28(36)31-12-16-34-13-4-3-5-14-34)7-9-23(22)32-29(37)24-19-27-30-11-6-15-35(27)33-24/h6-11,15,17-19H,3-5,12-14,16H2,1-2H3,(H,31,36)(H,32,37). The molecule has 3 heterocycles. The van der Waals surface area contributed by atoms with Gasteiger partial charge in [-0.15, -0.1) is 0 Å². The highest BCUT2D eigenvalue weighted by atomic mass is 16.5. The number of fused-ring (bicyclic) bond motifs is 1. The van der Waals surface area contributed by atoms with Crippen LogP contribution >= 0.6 is 0 Å². The molecule has 1 saturated heterocycles. The topological polar surface area (TPSA) is 110 Å². The summed E-state index contributed by atoms with van der Waals surface area (Å²) in [5.41, 5.74) is 3.23. The van der Waals surface area contributed by atoms with E-state index in [9.17, 15) is 9.59 Å². The van der Waals surface area contributed by atoms with Crippen molar-refractivity contribution >= 4 is 23.1 Å². The van der Waals surface area contributed by atoms with Gasteiger partial charge in [-0.1, -0.05) is 12.5 Å². The van der Waals surface area contributed by atoms with Crippen molar-refractivity contribution in [1.29, 1.82) is 0 Å². The van der Waals surface area contributed by atoms with Crippen LogP contribution in [0.2, 0.25) is 0 Å². The lowest BCUT2D eigenvalue weighted by Crippen LogP contribution is -2.37. The third kappa shape index (κ3) is 6.01. The fourth-order valence-electron chi connectivity index (χ4n) is 4.78.